The molecule has 1 aromatic rings. The minimum atomic E-state index is -0.456. The van der Waals surface area contributed by atoms with Crippen LogP contribution in [0.3, 0.4) is 0 Å². The SMILES string of the molecule is CC[C@H](O)c1ccc(N(CC)CC2CCCO2)cn1. The van der Waals surface area contributed by atoms with Crippen LogP contribution in [0, 0.1) is 0 Å². The minimum Gasteiger partial charge on any atom is -0.387 e. The predicted molar refractivity (Wildman–Crippen MR) is 76.3 cm³/mol. The molecule has 1 unspecified atom stereocenters. The van der Waals surface area contributed by atoms with Crippen molar-refractivity contribution in [2.24, 2.45) is 0 Å². The van der Waals surface area contributed by atoms with E-state index in [2.05, 4.69) is 16.8 Å². The lowest BCUT2D eigenvalue weighted by Gasteiger charge is -2.26. The third-order valence-electron chi connectivity index (χ3n) is 3.69. The molecule has 1 aliphatic heterocycles. The zero-order chi connectivity index (χ0) is 13.7. The summed E-state index contributed by atoms with van der Waals surface area (Å²) in [4.78, 5) is 6.64. The van der Waals surface area contributed by atoms with Gasteiger partial charge < -0.3 is 14.7 Å². The largest absolute Gasteiger partial charge is 0.387 e. The summed E-state index contributed by atoms with van der Waals surface area (Å²) in [6.07, 6.45) is 4.76. The molecule has 19 heavy (non-hydrogen) atoms. The predicted octanol–water partition coefficient (Wildman–Crippen LogP) is 2.53. The van der Waals surface area contributed by atoms with Gasteiger partial charge in [-0.3, -0.25) is 4.98 Å². The third kappa shape index (κ3) is 3.67. The number of aromatic nitrogens is 1. The molecule has 0 aliphatic carbocycles. The summed E-state index contributed by atoms with van der Waals surface area (Å²) in [7, 11) is 0. The number of anilines is 1. The number of nitrogens with zero attached hydrogens (tertiary/aromatic N) is 2. The van der Waals surface area contributed by atoms with Crippen molar-refractivity contribution >= 4 is 5.69 Å². The molecule has 0 bridgehead atoms. The van der Waals surface area contributed by atoms with Gasteiger partial charge in [0.25, 0.3) is 0 Å². The highest BCUT2D eigenvalue weighted by atomic mass is 16.5. The van der Waals surface area contributed by atoms with E-state index in [-0.39, 0.29) is 0 Å². The molecule has 0 radical (unpaired) electrons. The third-order valence-corrected chi connectivity index (χ3v) is 3.69. The fourth-order valence-electron chi connectivity index (χ4n) is 2.44. The summed E-state index contributed by atoms with van der Waals surface area (Å²) < 4.78 is 5.68. The quantitative estimate of drug-likeness (QED) is 0.857. The Morgan fingerprint density at radius 1 is 1.47 bits per heavy atom. The average molecular weight is 264 g/mol. The molecule has 1 aliphatic rings. The van der Waals surface area contributed by atoms with Crippen molar-refractivity contribution in [1.82, 2.24) is 4.98 Å². The molecule has 0 amide bonds. The number of ether oxygens (including phenoxy) is 1. The lowest BCUT2D eigenvalue weighted by atomic mass is 10.1. The first-order valence-electron chi connectivity index (χ1n) is 7.25. The van der Waals surface area contributed by atoms with Crippen LogP contribution in [0.1, 0.15) is 44.9 Å². The van der Waals surface area contributed by atoms with Gasteiger partial charge in [-0.25, -0.2) is 0 Å². The van der Waals surface area contributed by atoms with Crippen LogP contribution in [0.5, 0.6) is 0 Å². The summed E-state index contributed by atoms with van der Waals surface area (Å²) >= 11 is 0. The molecular weight excluding hydrogens is 240 g/mol. The second-order valence-electron chi connectivity index (χ2n) is 5.04. The maximum atomic E-state index is 9.75. The normalized spacial score (nSPS) is 20.5. The first-order chi connectivity index (χ1) is 9.24. The van der Waals surface area contributed by atoms with Crippen molar-refractivity contribution in [2.75, 3.05) is 24.6 Å². The van der Waals surface area contributed by atoms with Crippen LogP contribution < -0.4 is 4.90 Å². The minimum absolute atomic E-state index is 0.348. The second kappa shape index (κ2) is 6.87. The molecule has 0 spiro atoms. The van der Waals surface area contributed by atoms with Gasteiger partial charge in [0.2, 0.25) is 0 Å². The number of likely N-dealkylation sites (N-methyl/N-ethyl adjacent to an activating group) is 1. The van der Waals surface area contributed by atoms with Crippen LogP contribution in [0.2, 0.25) is 0 Å². The van der Waals surface area contributed by atoms with Gasteiger partial charge in [-0.15, -0.1) is 0 Å². The highest BCUT2D eigenvalue weighted by Crippen LogP contribution is 2.21. The molecule has 2 atom stereocenters. The molecule has 2 heterocycles. The Kier molecular flexibility index (Phi) is 5.16. The van der Waals surface area contributed by atoms with Crippen LogP contribution in [0.4, 0.5) is 5.69 Å². The summed E-state index contributed by atoms with van der Waals surface area (Å²) in [5, 5.41) is 9.75. The van der Waals surface area contributed by atoms with E-state index in [9.17, 15) is 5.11 Å². The second-order valence-corrected chi connectivity index (χ2v) is 5.04. The van der Waals surface area contributed by atoms with Gasteiger partial charge in [-0.2, -0.15) is 0 Å². The van der Waals surface area contributed by atoms with Crippen LogP contribution >= 0.6 is 0 Å². The van der Waals surface area contributed by atoms with E-state index in [1.807, 2.05) is 25.3 Å². The van der Waals surface area contributed by atoms with E-state index in [0.717, 1.165) is 37.5 Å². The molecular formula is C15H24N2O2. The van der Waals surface area contributed by atoms with E-state index in [1.54, 1.807) is 0 Å². The van der Waals surface area contributed by atoms with E-state index < -0.39 is 6.10 Å². The Labute approximate surface area is 115 Å². The number of hydrogen-bond donors (Lipinski definition) is 1. The molecule has 0 aromatic carbocycles. The Hall–Kier alpha value is -1.13. The molecule has 1 saturated heterocycles. The lowest BCUT2D eigenvalue weighted by molar-refractivity contribution is 0.115. The number of aliphatic hydroxyl groups excluding tert-OH is 1. The van der Waals surface area contributed by atoms with Gasteiger partial charge in [-0.05, 0) is 38.3 Å². The number of rotatable bonds is 6. The van der Waals surface area contributed by atoms with Gasteiger partial charge in [-0.1, -0.05) is 6.92 Å². The van der Waals surface area contributed by atoms with Crippen molar-refractivity contribution in [3.8, 4) is 0 Å². The van der Waals surface area contributed by atoms with E-state index >= 15 is 0 Å². The first-order valence-corrected chi connectivity index (χ1v) is 7.25. The van der Waals surface area contributed by atoms with Gasteiger partial charge in [0, 0.05) is 19.7 Å². The molecule has 0 saturated carbocycles. The topological polar surface area (TPSA) is 45.6 Å². The fourth-order valence-corrected chi connectivity index (χ4v) is 2.44. The van der Waals surface area contributed by atoms with Crippen LogP contribution in [-0.2, 0) is 4.74 Å². The summed E-state index contributed by atoms with van der Waals surface area (Å²) in [5.74, 6) is 0. The van der Waals surface area contributed by atoms with Gasteiger partial charge in [0.15, 0.2) is 0 Å². The smallest absolute Gasteiger partial charge is 0.0957 e. The van der Waals surface area contributed by atoms with E-state index in [0.29, 0.717) is 12.5 Å². The van der Waals surface area contributed by atoms with Crippen LogP contribution in [-0.4, -0.2) is 35.9 Å². The zero-order valence-corrected chi connectivity index (χ0v) is 11.9. The van der Waals surface area contributed by atoms with Crippen molar-refractivity contribution in [1.29, 1.82) is 0 Å². The number of aliphatic hydroxyl groups is 1. The van der Waals surface area contributed by atoms with E-state index in [1.165, 1.54) is 6.42 Å². The maximum absolute atomic E-state index is 9.75. The molecule has 106 valence electrons. The van der Waals surface area contributed by atoms with Crippen molar-refractivity contribution in [3.05, 3.63) is 24.0 Å². The standard InChI is InChI=1S/C15H24N2O2/c1-3-15(18)14-8-7-12(10-16-14)17(4-2)11-13-6-5-9-19-13/h7-8,10,13,15,18H,3-6,9,11H2,1-2H3/t13?,15-/m0/s1. The highest BCUT2D eigenvalue weighted by Gasteiger charge is 2.19. The monoisotopic (exact) mass is 264 g/mol. The molecule has 1 aromatic heterocycles. The van der Waals surface area contributed by atoms with Crippen LogP contribution in [0.15, 0.2) is 18.3 Å². The molecule has 4 nitrogen and oxygen atoms in total. The summed E-state index contributed by atoms with van der Waals surface area (Å²) in [6, 6.07) is 3.96. The molecule has 1 fully saturated rings. The van der Waals surface area contributed by atoms with E-state index in [4.69, 9.17) is 4.74 Å². The summed E-state index contributed by atoms with van der Waals surface area (Å²) in [5.41, 5.74) is 1.85. The van der Waals surface area contributed by atoms with Crippen LogP contribution in [0.25, 0.3) is 0 Å². The van der Waals surface area contributed by atoms with Gasteiger partial charge in [0.05, 0.1) is 29.8 Å². The van der Waals surface area contributed by atoms with Crippen molar-refractivity contribution in [2.45, 2.75) is 45.3 Å². The lowest BCUT2D eigenvalue weighted by Crippen LogP contribution is -2.32. The highest BCUT2D eigenvalue weighted by molar-refractivity contribution is 5.44. The average Bonchev–Trinajstić information content (AvgIpc) is 2.97. The Morgan fingerprint density at radius 2 is 2.32 bits per heavy atom. The first kappa shape index (κ1) is 14.3. The maximum Gasteiger partial charge on any atom is 0.0957 e. The number of pyridine rings is 1. The Morgan fingerprint density at radius 3 is 2.84 bits per heavy atom. The Balaban J connectivity index is 2.01. The van der Waals surface area contributed by atoms with Gasteiger partial charge in [0.1, 0.15) is 0 Å². The molecule has 4 heteroatoms. The zero-order valence-electron chi connectivity index (χ0n) is 11.9. The van der Waals surface area contributed by atoms with Gasteiger partial charge >= 0.3 is 0 Å². The molecule has 2 rings (SSSR count). The fraction of sp³-hybridized carbons (Fsp3) is 0.667. The Bertz CT molecular complexity index is 374. The van der Waals surface area contributed by atoms with Crippen molar-refractivity contribution < 1.29 is 9.84 Å². The van der Waals surface area contributed by atoms with Crippen molar-refractivity contribution in [3.63, 3.8) is 0 Å². The summed E-state index contributed by atoms with van der Waals surface area (Å²) in [6.45, 7) is 6.85. The molecule has 1 N–H and O–H groups in total. The number of hydrogen-bond acceptors (Lipinski definition) is 4.